The number of ether oxygens (including phenoxy) is 1. The van der Waals surface area contributed by atoms with Gasteiger partial charge in [-0.05, 0) is 84.0 Å². The van der Waals surface area contributed by atoms with Gasteiger partial charge in [-0.1, -0.05) is 18.2 Å². The molecule has 5 nitrogen and oxygen atoms in total. The lowest BCUT2D eigenvalue weighted by Gasteiger charge is -2.36. The van der Waals surface area contributed by atoms with Crippen molar-refractivity contribution in [1.29, 1.82) is 0 Å². The molecule has 2 aromatic carbocycles. The Morgan fingerprint density at radius 2 is 1.77 bits per heavy atom. The van der Waals surface area contributed by atoms with Crippen molar-refractivity contribution in [3.63, 3.8) is 0 Å². The number of pyridine rings is 1. The fourth-order valence-corrected chi connectivity index (χ4v) is 4.09. The van der Waals surface area contributed by atoms with Gasteiger partial charge in [-0.25, -0.2) is 9.18 Å². The first-order valence-electron chi connectivity index (χ1n) is 10.7. The lowest BCUT2D eigenvalue weighted by Crippen LogP contribution is -2.53. The van der Waals surface area contributed by atoms with Gasteiger partial charge >= 0.3 is 12.2 Å². The Labute approximate surface area is 214 Å². The number of benzene rings is 2. The zero-order valence-corrected chi connectivity index (χ0v) is 21.4. The molecule has 0 aliphatic carbocycles. The number of halogens is 5. The van der Waals surface area contributed by atoms with Crippen molar-refractivity contribution in [2.45, 2.75) is 38.0 Å². The molecule has 10 heteroatoms. The van der Waals surface area contributed by atoms with Crippen molar-refractivity contribution in [1.82, 2.24) is 15.6 Å². The number of rotatable bonds is 7. The second-order valence-electron chi connectivity index (χ2n) is 8.24. The molecule has 0 bridgehead atoms. The molecule has 35 heavy (non-hydrogen) atoms. The maximum atomic E-state index is 14.6. The van der Waals surface area contributed by atoms with E-state index < -0.39 is 29.1 Å². The molecule has 0 saturated heterocycles. The number of nitrogens with zero attached hydrogens (tertiary/aromatic N) is 1. The SMILES string of the molecule is COc1ccccc1C[C@@](NC(=O)NC(C)C)(c1cc(F)cc(C(F)(F)F)c1)c1ccc(I)cn1. The molecule has 0 radical (unpaired) electrons. The van der Waals surface area contributed by atoms with Crippen molar-refractivity contribution < 1.29 is 27.1 Å². The number of aromatic nitrogens is 1. The van der Waals surface area contributed by atoms with E-state index in [1.165, 1.54) is 13.3 Å². The van der Waals surface area contributed by atoms with Crippen molar-refractivity contribution in [2.24, 2.45) is 0 Å². The predicted molar refractivity (Wildman–Crippen MR) is 133 cm³/mol. The van der Waals surface area contributed by atoms with Gasteiger partial charge in [-0.15, -0.1) is 0 Å². The molecule has 0 aliphatic heterocycles. The number of nitrogens with one attached hydrogen (secondary N) is 2. The molecule has 1 atom stereocenters. The number of methoxy groups -OCH3 is 1. The highest BCUT2D eigenvalue weighted by atomic mass is 127. The molecule has 0 saturated carbocycles. The normalized spacial score (nSPS) is 13.3. The third kappa shape index (κ3) is 6.41. The molecule has 3 rings (SSSR count). The topological polar surface area (TPSA) is 63.2 Å². The van der Waals surface area contributed by atoms with Crippen LogP contribution in [-0.4, -0.2) is 24.2 Å². The Kier molecular flexibility index (Phi) is 8.24. The molecule has 1 heterocycles. The number of amides is 2. The summed E-state index contributed by atoms with van der Waals surface area (Å²) in [6, 6.07) is 11.6. The number of carbonyl (C=O) groups excluding carboxylic acids is 1. The van der Waals surface area contributed by atoms with Crippen LogP contribution in [0.4, 0.5) is 22.4 Å². The van der Waals surface area contributed by atoms with Gasteiger partial charge in [0.1, 0.15) is 17.1 Å². The van der Waals surface area contributed by atoms with Crippen LogP contribution in [0, 0.1) is 9.39 Å². The molecule has 0 fully saturated rings. The third-order valence-corrected chi connectivity index (χ3v) is 5.92. The number of carbonyl (C=O) groups is 1. The third-order valence-electron chi connectivity index (χ3n) is 5.28. The molecule has 0 aliphatic rings. The number of para-hydroxylation sites is 1. The molecule has 2 amide bonds. The molecule has 186 valence electrons. The Morgan fingerprint density at radius 1 is 1.09 bits per heavy atom. The zero-order valence-electron chi connectivity index (χ0n) is 19.2. The van der Waals surface area contributed by atoms with Crippen LogP contribution >= 0.6 is 22.6 Å². The van der Waals surface area contributed by atoms with Gasteiger partial charge < -0.3 is 15.4 Å². The molecular weight excluding hydrogens is 577 g/mol. The van der Waals surface area contributed by atoms with E-state index in [1.54, 1.807) is 50.2 Å². The first-order valence-corrected chi connectivity index (χ1v) is 11.7. The van der Waals surface area contributed by atoms with Crippen LogP contribution < -0.4 is 15.4 Å². The molecular formula is C25H24F4IN3O2. The van der Waals surface area contributed by atoms with Crippen LogP contribution in [0.5, 0.6) is 5.75 Å². The minimum atomic E-state index is -4.80. The van der Waals surface area contributed by atoms with E-state index in [4.69, 9.17) is 4.74 Å². The van der Waals surface area contributed by atoms with Crippen molar-refractivity contribution in [3.05, 3.63) is 92.6 Å². The number of urea groups is 1. The minimum absolute atomic E-state index is 0.0587. The maximum Gasteiger partial charge on any atom is 0.416 e. The summed E-state index contributed by atoms with van der Waals surface area (Å²) in [7, 11) is 1.46. The fourth-order valence-electron chi connectivity index (χ4n) is 3.78. The van der Waals surface area contributed by atoms with Gasteiger partial charge in [0.15, 0.2) is 0 Å². The van der Waals surface area contributed by atoms with Gasteiger partial charge in [0.25, 0.3) is 0 Å². The summed E-state index contributed by atoms with van der Waals surface area (Å²) in [4.78, 5) is 17.4. The second-order valence-corrected chi connectivity index (χ2v) is 9.48. The highest BCUT2D eigenvalue weighted by Gasteiger charge is 2.41. The average molecular weight is 601 g/mol. The molecule has 0 spiro atoms. The summed E-state index contributed by atoms with van der Waals surface area (Å²) < 4.78 is 61.9. The predicted octanol–water partition coefficient (Wildman–Crippen LogP) is 6.05. The first kappa shape index (κ1) is 26.7. The number of hydrogen-bond donors (Lipinski definition) is 2. The van der Waals surface area contributed by atoms with E-state index >= 15 is 0 Å². The summed E-state index contributed by atoms with van der Waals surface area (Å²) in [5, 5.41) is 5.51. The standard InChI is InChI=1S/C25H24F4IN3O2/c1-15(2)32-23(34)33-24(22-9-8-20(30)14-31-22,13-16-6-4-5-7-21(16)35-3)17-10-18(25(27,28)29)12-19(26)11-17/h4-12,14-15H,13H2,1-3H3,(H2,32,33,34)/t24-/m1/s1. The fraction of sp³-hybridized carbons (Fsp3) is 0.280. The van der Waals surface area contributed by atoms with E-state index in [9.17, 15) is 22.4 Å². The monoisotopic (exact) mass is 601 g/mol. The highest BCUT2D eigenvalue weighted by molar-refractivity contribution is 14.1. The van der Waals surface area contributed by atoms with Crippen LogP contribution in [0.15, 0.2) is 60.8 Å². The molecule has 0 unspecified atom stereocenters. The van der Waals surface area contributed by atoms with Gasteiger partial charge in [-0.2, -0.15) is 13.2 Å². The summed E-state index contributed by atoms with van der Waals surface area (Å²) >= 11 is 2.05. The first-order chi connectivity index (χ1) is 16.4. The quantitative estimate of drug-likeness (QED) is 0.256. The minimum Gasteiger partial charge on any atom is -0.496 e. The second kappa shape index (κ2) is 10.8. The van der Waals surface area contributed by atoms with Crippen molar-refractivity contribution >= 4 is 28.6 Å². The van der Waals surface area contributed by atoms with Gasteiger partial charge in [0.05, 0.1) is 18.4 Å². The number of alkyl halides is 3. The van der Waals surface area contributed by atoms with E-state index in [0.29, 0.717) is 17.4 Å². The molecule has 1 aromatic heterocycles. The van der Waals surface area contributed by atoms with Gasteiger partial charge in [0.2, 0.25) is 0 Å². The summed E-state index contributed by atoms with van der Waals surface area (Å²) in [6.45, 7) is 3.49. The Hall–Kier alpha value is -2.89. The molecule has 3 aromatic rings. The van der Waals surface area contributed by atoms with Crippen LogP contribution in [0.1, 0.15) is 36.2 Å². The van der Waals surface area contributed by atoms with Crippen LogP contribution in [0.2, 0.25) is 0 Å². The summed E-state index contributed by atoms with van der Waals surface area (Å²) in [5.41, 5.74) is -2.13. The van der Waals surface area contributed by atoms with Crippen LogP contribution in [0.25, 0.3) is 0 Å². The van der Waals surface area contributed by atoms with E-state index in [2.05, 4.69) is 15.6 Å². The smallest absolute Gasteiger partial charge is 0.416 e. The largest absolute Gasteiger partial charge is 0.496 e. The highest BCUT2D eigenvalue weighted by Crippen LogP contribution is 2.39. The Balaban J connectivity index is 2.34. The summed E-state index contributed by atoms with van der Waals surface area (Å²) in [5.74, 6) is -0.628. The number of hydrogen-bond acceptors (Lipinski definition) is 3. The lowest BCUT2D eigenvalue weighted by atomic mass is 9.79. The van der Waals surface area contributed by atoms with E-state index in [1.807, 2.05) is 22.6 Å². The van der Waals surface area contributed by atoms with Crippen LogP contribution in [0.3, 0.4) is 0 Å². The van der Waals surface area contributed by atoms with Crippen molar-refractivity contribution in [3.8, 4) is 5.75 Å². The summed E-state index contributed by atoms with van der Waals surface area (Å²) in [6.07, 6.45) is -3.33. The maximum absolute atomic E-state index is 14.6. The van der Waals surface area contributed by atoms with E-state index in [-0.39, 0.29) is 23.7 Å². The van der Waals surface area contributed by atoms with Crippen LogP contribution in [-0.2, 0) is 18.1 Å². The zero-order chi connectivity index (χ0) is 25.8. The Morgan fingerprint density at radius 3 is 2.37 bits per heavy atom. The van der Waals surface area contributed by atoms with Gasteiger partial charge in [-0.3, -0.25) is 4.98 Å². The average Bonchev–Trinajstić information content (AvgIpc) is 2.78. The Bertz CT molecular complexity index is 1190. The lowest BCUT2D eigenvalue weighted by molar-refractivity contribution is -0.137. The van der Waals surface area contributed by atoms with Gasteiger partial charge in [0, 0.05) is 22.2 Å². The van der Waals surface area contributed by atoms with Crippen molar-refractivity contribution in [2.75, 3.05) is 7.11 Å². The molecule has 2 N–H and O–H groups in total. The van der Waals surface area contributed by atoms with E-state index in [0.717, 1.165) is 15.7 Å².